The summed E-state index contributed by atoms with van der Waals surface area (Å²) in [5.41, 5.74) is 3.24. The maximum Gasteiger partial charge on any atom is 0.260 e. The number of hydrogen-bond donors (Lipinski definition) is 1. The number of nitrogens with one attached hydrogen (secondary N) is 1. The van der Waals surface area contributed by atoms with Gasteiger partial charge in [-0.05, 0) is 56.0 Å². The number of carbonyl (C=O) groups is 1. The number of aryl methyl sites for hydroxylation is 2. The van der Waals surface area contributed by atoms with E-state index in [1.54, 1.807) is 6.92 Å². The molecule has 23 heavy (non-hydrogen) atoms. The molecule has 3 nitrogen and oxygen atoms in total. The van der Waals surface area contributed by atoms with E-state index in [9.17, 15) is 4.79 Å². The van der Waals surface area contributed by atoms with Crippen molar-refractivity contribution in [1.82, 2.24) is 5.32 Å². The Kier molecular flexibility index (Phi) is 6.22. The molecule has 0 aliphatic heterocycles. The maximum absolute atomic E-state index is 12.2. The van der Waals surface area contributed by atoms with Gasteiger partial charge < -0.3 is 10.1 Å². The highest BCUT2D eigenvalue weighted by atomic mass is 79.9. The second-order valence-electron chi connectivity index (χ2n) is 5.66. The monoisotopic (exact) mass is 375 g/mol. The van der Waals surface area contributed by atoms with E-state index in [4.69, 9.17) is 4.74 Å². The molecule has 122 valence electrons. The van der Waals surface area contributed by atoms with Gasteiger partial charge in [0.1, 0.15) is 5.75 Å². The average molecular weight is 376 g/mol. The van der Waals surface area contributed by atoms with Gasteiger partial charge in [-0.15, -0.1) is 0 Å². The van der Waals surface area contributed by atoms with E-state index < -0.39 is 6.10 Å². The average Bonchev–Trinajstić information content (AvgIpc) is 2.51. The molecule has 0 bridgehead atoms. The minimum absolute atomic E-state index is 0.0948. The zero-order chi connectivity index (χ0) is 16.8. The highest BCUT2D eigenvalue weighted by Gasteiger charge is 2.16. The van der Waals surface area contributed by atoms with Crippen LogP contribution in [-0.2, 0) is 11.2 Å². The van der Waals surface area contributed by atoms with Crippen molar-refractivity contribution in [3.8, 4) is 5.75 Å². The molecule has 0 saturated heterocycles. The Hall–Kier alpha value is -1.81. The molecule has 4 heteroatoms. The second-order valence-corrected chi connectivity index (χ2v) is 6.57. The number of ether oxygens (including phenoxy) is 1. The van der Waals surface area contributed by atoms with Crippen LogP contribution in [0.2, 0.25) is 0 Å². The predicted octanol–water partition coefficient (Wildman–Crippen LogP) is 4.19. The third-order valence-electron chi connectivity index (χ3n) is 3.64. The number of amides is 1. The van der Waals surface area contributed by atoms with Gasteiger partial charge in [0.2, 0.25) is 0 Å². The van der Waals surface area contributed by atoms with Crippen LogP contribution in [0.1, 0.15) is 23.6 Å². The van der Waals surface area contributed by atoms with Gasteiger partial charge in [-0.2, -0.15) is 0 Å². The van der Waals surface area contributed by atoms with Gasteiger partial charge in [0, 0.05) is 11.0 Å². The van der Waals surface area contributed by atoms with Crippen molar-refractivity contribution in [2.45, 2.75) is 33.3 Å². The van der Waals surface area contributed by atoms with Crippen molar-refractivity contribution >= 4 is 21.8 Å². The van der Waals surface area contributed by atoms with E-state index in [0.29, 0.717) is 6.54 Å². The first kappa shape index (κ1) is 17.5. The van der Waals surface area contributed by atoms with Crippen molar-refractivity contribution in [3.63, 3.8) is 0 Å². The molecule has 0 radical (unpaired) electrons. The molecule has 0 fully saturated rings. The molecule has 0 aliphatic carbocycles. The minimum atomic E-state index is -0.524. The summed E-state index contributed by atoms with van der Waals surface area (Å²) in [4.78, 5) is 12.2. The molecule has 0 aromatic heterocycles. The molecular weight excluding hydrogens is 354 g/mol. The summed E-state index contributed by atoms with van der Waals surface area (Å²) in [5, 5.41) is 2.93. The molecule has 2 aromatic carbocycles. The molecule has 2 rings (SSSR count). The van der Waals surface area contributed by atoms with Crippen LogP contribution in [0.15, 0.2) is 46.9 Å². The molecule has 0 aliphatic rings. The van der Waals surface area contributed by atoms with Crippen molar-refractivity contribution < 1.29 is 9.53 Å². The summed E-state index contributed by atoms with van der Waals surface area (Å²) in [6.07, 6.45) is 0.291. The van der Waals surface area contributed by atoms with Crippen LogP contribution in [0.5, 0.6) is 5.75 Å². The van der Waals surface area contributed by atoms with Gasteiger partial charge in [0.25, 0.3) is 5.91 Å². The highest BCUT2D eigenvalue weighted by molar-refractivity contribution is 9.10. The van der Waals surface area contributed by atoms with Gasteiger partial charge in [0.15, 0.2) is 6.10 Å². The number of benzene rings is 2. The first-order chi connectivity index (χ1) is 11.0. The van der Waals surface area contributed by atoms with Gasteiger partial charge in [0.05, 0.1) is 0 Å². The summed E-state index contributed by atoms with van der Waals surface area (Å²) >= 11 is 3.46. The van der Waals surface area contributed by atoms with E-state index in [1.807, 2.05) is 44.2 Å². The molecule has 0 heterocycles. The smallest absolute Gasteiger partial charge is 0.260 e. The minimum Gasteiger partial charge on any atom is -0.480 e. The fraction of sp³-hybridized carbons (Fsp3) is 0.316. The summed E-state index contributed by atoms with van der Waals surface area (Å²) in [5.74, 6) is 0.682. The number of hydrogen-bond acceptors (Lipinski definition) is 2. The molecule has 1 atom stereocenters. The Labute approximate surface area is 146 Å². The molecule has 2 aromatic rings. The standard InChI is InChI=1S/C19H22BrNO2/c1-13-11-17(20)12-14(2)18(13)23-15(3)19(22)21-10-9-16-7-5-4-6-8-16/h4-8,11-12,15H,9-10H2,1-3H3,(H,21,22). The van der Waals surface area contributed by atoms with Crippen LogP contribution >= 0.6 is 15.9 Å². The molecule has 1 N–H and O–H groups in total. The van der Waals surface area contributed by atoms with Crippen molar-refractivity contribution in [2.24, 2.45) is 0 Å². The van der Waals surface area contributed by atoms with Crippen molar-refractivity contribution in [2.75, 3.05) is 6.54 Å². The van der Waals surface area contributed by atoms with E-state index in [1.165, 1.54) is 5.56 Å². The first-order valence-electron chi connectivity index (χ1n) is 7.72. The van der Waals surface area contributed by atoms with Crippen molar-refractivity contribution in [3.05, 3.63) is 63.6 Å². The molecule has 1 unspecified atom stereocenters. The first-order valence-corrected chi connectivity index (χ1v) is 8.51. The number of carbonyl (C=O) groups excluding carboxylic acids is 1. The summed E-state index contributed by atoms with van der Waals surface area (Å²) in [6.45, 7) is 6.34. The predicted molar refractivity (Wildman–Crippen MR) is 96.9 cm³/mol. The molecule has 1 amide bonds. The second kappa shape index (κ2) is 8.16. The van der Waals surface area contributed by atoms with Crippen LogP contribution in [0.4, 0.5) is 0 Å². The van der Waals surface area contributed by atoms with Gasteiger partial charge in [-0.3, -0.25) is 4.79 Å². The van der Waals surface area contributed by atoms with Crippen LogP contribution in [0.3, 0.4) is 0 Å². The third kappa shape index (κ3) is 5.10. The Balaban J connectivity index is 1.88. The molecule has 0 spiro atoms. The van der Waals surface area contributed by atoms with Crippen molar-refractivity contribution in [1.29, 1.82) is 0 Å². The lowest BCUT2D eigenvalue weighted by atomic mass is 10.1. The number of halogens is 1. The number of rotatable bonds is 6. The van der Waals surface area contributed by atoms with Gasteiger partial charge in [-0.25, -0.2) is 0 Å². The van der Waals surface area contributed by atoms with Gasteiger partial charge in [-0.1, -0.05) is 46.3 Å². The fourth-order valence-corrected chi connectivity index (χ4v) is 3.12. The third-order valence-corrected chi connectivity index (χ3v) is 4.10. The van der Waals surface area contributed by atoms with Crippen LogP contribution < -0.4 is 10.1 Å². The lowest BCUT2D eigenvalue weighted by Crippen LogP contribution is -2.37. The van der Waals surface area contributed by atoms with Crippen LogP contribution in [0.25, 0.3) is 0 Å². The lowest BCUT2D eigenvalue weighted by molar-refractivity contribution is -0.127. The highest BCUT2D eigenvalue weighted by Crippen LogP contribution is 2.28. The Morgan fingerprint density at radius 1 is 1.17 bits per heavy atom. The topological polar surface area (TPSA) is 38.3 Å². The van der Waals surface area contributed by atoms with E-state index in [-0.39, 0.29) is 5.91 Å². The van der Waals surface area contributed by atoms with Crippen LogP contribution in [0, 0.1) is 13.8 Å². The molecule has 0 saturated carbocycles. The summed E-state index contributed by atoms with van der Waals surface area (Å²) in [6, 6.07) is 14.1. The van der Waals surface area contributed by atoms with E-state index >= 15 is 0 Å². The zero-order valence-corrected chi connectivity index (χ0v) is 15.3. The SMILES string of the molecule is Cc1cc(Br)cc(C)c1OC(C)C(=O)NCCc1ccccc1. The lowest BCUT2D eigenvalue weighted by Gasteiger charge is -2.18. The zero-order valence-electron chi connectivity index (χ0n) is 13.7. The Morgan fingerprint density at radius 3 is 2.39 bits per heavy atom. The van der Waals surface area contributed by atoms with E-state index in [2.05, 4.69) is 33.4 Å². The Morgan fingerprint density at radius 2 is 1.78 bits per heavy atom. The molecular formula is C19H22BrNO2. The van der Waals surface area contributed by atoms with Crippen LogP contribution in [-0.4, -0.2) is 18.6 Å². The quantitative estimate of drug-likeness (QED) is 0.821. The fourth-order valence-electron chi connectivity index (χ4n) is 2.43. The van der Waals surface area contributed by atoms with Gasteiger partial charge >= 0.3 is 0 Å². The summed E-state index contributed by atoms with van der Waals surface area (Å²) < 4.78 is 6.88. The normalized spacial score (nSPS) is 11.8. The largest absolute Gasteiger partial charge is 0.480 e. The summed E-state index contributed by atoms with van der Waals surface area (Å²) in [7, 11) is 0. The Bertz CT molecular complexity index is 647. The maximum atomic E-state index is 12.2. The van der Waals surface area contributed by atoms with E-state index in [0.717, 1.165) is 27.8 Å².